The lowest BCUT2D eigenvalue weighted by Crippen LogP contribution is -2.38. The first-order chi connectivity index (χ1) is 7.51. The summed E-state index contributed by atoms with van der Waals surface area (Å²) < 4.78 is 26.0. The van der Waals surface area contributed by atoms with Crippen LogP contribution in [0.1, 0.15) is 18.5 Å². The van der Waals surface area contributed by atoms with Gasteiger partial charge in [0.25, 0.3) is 0 Å². The van der Waals surface area contributed by atoms with Crippen molar-refractivity contribution < 1.29 is 8.42 Å². The molecule has 1 aromatic heterocycles. The second-order valence-electron chi connectivity index (χ2n) is 3.94. The van der Waals surface area contributed by atoms with Crippen LogP contribution in [0.4, 0.5) is 0 Å². The van der Waals surface area contributed by atoms with Gasteiger partial charge in [0, 0.05) is 17.9 Å². The quantitative estimate of drug-likeness (QED) is 0.837. The van der Waals surface area contributed by atoms with Gasteiger partial charge in [-0.15, -0.1) is 0 Å². The molecule has 7 heteroatoms. The molecule has 0 atom stereocenters. The van der Waals surface area contributed by atoms with E-state index in [1.807, 2.05) is 0 Å². The van der Waals surface area contributed by atoms with Gasteiger partial charge in [-0.05, 0) is 19.8 Å². The fraction of sp³-hybridized carbons (Fsp3) is 0.667. The van der Waals surface area contributed by atoms with Crippen LogP contribution in [0, 0.1) is 6.92 Å². The fourth-order valence-electron chi connectivity index (χ4n) is 1.80. The molecule has 1 N–H and O–H groups in total. The van der Waals surface area contributed by atoms with Crippen molar-refractivity contribution in [3.05, 3.63) is 11.9 Å². The van der Waals surface area contributed by atoms with Crippen molar-refractivity contribution in [1.82, 2.24) is 14.5 Å². The molecule has 90 valence electrons. The SMILES string of the molecule is Cc1[nH]ncc1S(=O)(=O)N1CCC(Br)CC1. The topological polar surface area (TPSA) is 66.1 Å². The summed E-state index contributed by atoms with van der Waals surface area (Å²) in [6, 6.07) is 0. The van der Waals surface area contributed by atoms with Gasteiger partial charge in [0.1, 0.15) is 4.90 Å². The maximum atomic E-state index is 12.2. The number of aryl methyl sites for hydroxylation is 1. The van der Waals surface area contributed by atoms with E-state index in [9.17, 15) is 8.42 Å². The number of halogens is 1. The van der Waals surface area contributed by atoms with Crippen molar-refractivity contribution in [3.8, 4) is 0 Å². The Morgan fingerprint density at radius 1 is 1.50 bits per heavy atom. The van der Waals surface area contributed by atoms with Crippen LogP contribution < -0.4 is 0 Å². The van der Waals surface area contributed by atoms with Crippen LogP contribution in [0.5, 0.6) is 0 Å². The Morgan fingerprint density at radius 2 is 2.12 bits per heavy atom. The number of rotatable bonds is 2. The van der Waals surface area contributed by atoms with Crippen molar-refractivity contribution in [2.45, 2.75) is 29.5 Å². The average molecular weight is 308 g/mol. The van der Waals surface area contributed by atoms with Crippen molar-refractivity contribution in [2.75, 3.05) is 13.1 Å². The van der Waals surface area contributed by atoms with Gasteiger partial charge in [-0.25, -0.2) is 8.42 Å². The summed E-state index contributed by atoms with van der Waals surface area (Å²) in [6.07, 6.45) is 3.09. The average Bonchev–Trinajstić information content (AvgIpc) is 2.66. The first-order valence-corrected chi connectivity index (χ1v) is 7.51. The van der Waals surface area contributed by atoms with E-state index < -0.39 is 10.0 Å². The van der Waals surface area contributed by atoms with E-state index in [1.54, 1.807) is 6.92 Å². The van der Waals surface area contributed by atoms with Crippen LogP contribution in [-0.4, -0.2) is 40.8 Å². The third kappa shape index (κ3) is 2.16. The fourth-order valence-corrected chi connectivity index (χ4v) is 3.80. The zero-order valence-corrected chi connectivity index (χ0v) is 11.4. The Balaban J connectivity index is 2.23. The molecule has 1 aliphatic heterocycles. The zero-order valence-electron chi connectivity index (χ0n) is 8.98. The Bertz CT molecular complexity index is 463. The Morgan fingerprint density at radius 3 is 2.62 bits per heavy atom. The minimum atomic E-state index is -3.35. The minimum absolute atomic E-state index is 0.292. The summed E-state index contributed by atoms with van der Waals surface area (Å²) in [5.41, 5.74) is 0.598. The molecule has 16 heavy (non-hydrogen) atoms. The molecule has 0 radical (unpaired) electrons. The zero-order chi connectivity index (χ0) is 11.8. The van der Waals surface area contributed by atoms with Gasteiger partial charge in [-0.1, -0.05) is 15.9 Å². The second kappa shape index (κ2) is 4.46. The molecular weight excluding hydrogens is 294 g/mol. The predicted molar refractivity (Wildman–Crippen MR) is 64.0 cm³/mol. The van der Waals surface area contributed by atoms with E-state index in [-0.39, 0.29) is 0 Å². The number of aromatic amines is 1. The van der Waals surface area contributed by atoms with E-state index in [1.165, 1.54) is 10.5 Å². The number of aromatic nitrogens is 2. The van der Waals surface area contributed by atoms with Gasteiger partial charge < -0.3 is 0 Å². The van der Waals surface area contributed by atoms with E-state index in [0.717, 1.165) is 12.8 Å². The molecular formula is C9H14BrN3O2S. The second-order valence-corrected chi connectivity index (χ2v) is 7.14. The summed E-state index contributed by atoms with van der Waals surface area (Å²) in [5.74, 6) is 0. The summed E-state index contributed by atoms with van der Waals surface area (Å²) in [7, 11) is -3.35. The van der Waals surface area contributed by atoms with E-state index in [2.05, 4.69) is 26.1 Å². The Kier molecular flexibility index (Phi) is 3.37. The third-order valence-electron chi connectivity index (χ3n) is 2.78. The summed E-state index contributed by atoms with van der Waals surface area (Å²) in [5, 5.41) is 6.42. The molecule has 5 nitrogen and oxygen atoms in total. The van der Waals surface area contributed by atoms with Crippen LogP contribution >= 0.6 is 15.9 Å². The molecule has 0 unspecified atom stereocenters. The van der Waals surface area contributed by atoms with Gasteiger partial charge in [-0.2, -0.15) is 9.40 Å². The van der Waals surface area contributed by atoms with E-state index >= 15 is 0 Å². The third-order valence-corrected chi connectivity index (χ3v) is 5.71. The number of nitrogens with one attached hydrogen (secondary N) is 1. The molecule has 1 saturated heterocycles. The first kappa shape index (κ1) is 12.1. The van der Waals surface area contributed by atoms with Crippen LogP contribution in [0.3, 0.4) is 0 Å². The number of sulfonamides is 1. The monoisotopic (exact) mass is 307 g/mol. The van der Waals surface area contributed by atoms with E-state index in [0.29, 0.717) is 28.5 Å². The summed E-state index contributed by atoms with van der Waals surface area (Å²) in [4.78, 5) is 0.727. The molecule has 0 spiro atoms. The molecule has 0 saturated carbocycles. The molecule has 1 aromatic rings. The number of H-pyrrole nitrogens is 1. The number of nitrogens with zero attached hydrogens (tertiary/aromatic N) is 2. The smallest absolute Gasteiger partial charge is 0.246 e. The van der Waals surface area contributed by atoms with Crippen LogP contribution in [0.25, 0.3) is 0 Å². The van der Waals surface area contributed by atoms with Gasteiger partial charge in [0.15, 0.2) is 0 Å². The number of hydrogen-bond acceptors (Lipinski definition) is 3. The van der Waals surface area contributed by atoms with Crippen LogP contribution in [0.15, 0.2) is 11.1 Å². The maximum absolute atomic E-state index is 12.2. The highest BCUT2D eigenvalue weighted by Gasteiger charge is 2.30. The van der Waals surface area contributed by atoms with Gasteiger partial charge in [0.2, 0.25) is 10.0 Å². The molecule has 1 fully saturated rings. The van der Waals surface area contributed by atoms with E-state index in [4.69, 9.17) is 0 Å². The lowest BCUT2D eigenvalue weighted by molar-refractivity contribution is 0.354. The van der Waals surface area contributed by atoms with Crippen LogP contribution in [-0.2, 0) is 10.0 Å². The number of alkyl halides is 1. The van der Waals surface area contributed by atoms with Gasteiger partial charge in [-0.3, -0.25) is 5.10 Å². The summed E-state index contributed by atoms with van der Waals surface area (Å²) in [6.45, 7) is 2.86. The Labute approximate surface area is 103 Å². The number of piperidine rings is 1. The lowest BCUT2D eigenvalue weighted by Gasteiger charge is -2.28. The minimum Gasteiger partial charge on any atom is -0.281 e. The van der Waals surface area contributed by atoms with Crippen molar-refractivity contribution in [1.29, 1.82) is 0 Å². The van der Waals surface area contributed by atoms with Gasteiger partial charge >= 0.3 is 0 Å². The molecule has 0 bridgehead atoms. The van der Waals surface area contributed by atoms with Gasteiger partial charge in [0.05, 0.1) is 11.9 Å². The maximum Gasteiger partial charge on any atom is 0.246 e. The lowest BCUT2D eigenvalue weighted by atomic mass is 10.2. The molecule has 0 amide bonds. The van der Waals surface area contributed by atoms with Crippen molar-refractivity contribution in [2.24, 2.45) is 0 Å². The molecule has 0 aliphatic carbocycles. The number of hydrogen-bond donors (Lipinski definition) is 1. The predicted octanol–water partition coefficient (Wildman–Crippen LogP) is 1.27. The molecule has 2 rings (SSSR count). The highest BCUT2D eigenvalue weighted by atomic mass is 79.9. The summed E-state index contributed by atoms with van der Waals surface area (Å²) >= 11 is 3.51. The standard InChI is InChI=1S/C9H14BrN3O2S/c1-7-9(6-11-12-7)16(14,15)13-4-2-8(10)3-5-13/h6,8H,2-5H2,1H3,(H,11,12). The molecule has 1 aliphatic rings. The van der Waals surface area contributed by atoms with Crippen LogP contribution in [0.2, 0.25) is 0 Å². The highest BCUT2D eigenvalue weighted by Crippen LogP contribution is 2.24. The molecule has 0 aromatic carbocycles. The normalized spacial score (nSPS) is 20.1. The van der Waals surface area contributed by atoms with Crippen molar-refractivity contribution in [3.63, 3.8) is 0 Å². The largest absolute Gasteiger partial charge is 0.281 e. The first-order valence-electron chi connectivity index (χ1n) is 5.16. The molecule has 2 heterocycles. The highest BCUT2D eigenvalue weighted by molar-refractivity contribution is 9.09. The Hall–Kier alpha value is -0.400. The van der Waals surface area contributed by atoms with Crippen molar-refractivity contribution >= 4 is 26.0 Å².